The molecule has 0 fully saturated rings. The minimum atomic E-state index is -3.83. The standard InChI is InChI=1S/C11H17NO4S/c13-17(14,15)9-5-4-8-12-16-10-11-6-2-1-3-7-11/h1-3,6-7,12H,4-5,8-10H2,(H,13,14,15). The molecular formula is C11H17NO4S. The quantitative estimate of drug-likeness (QED) is 0.419. The molecule has 6 heteroatoms. The van der Waals surface area contributed by atoms with Gasteiger partial charge in [-0.25, -0.2) is 5.48 Å². The SMILES string of the molecule is O=S(=O)(O)CCCCNOCc1ccccc1. The third-order valence-electron chi connectivity index (χ3n) is 2.11. The summed E-state index contributed by atoms with van der Waals surface area (Å²) in [7, 11) is -3.83. The Labute approximate surface area is 102 Å². The van der Waals surface area contributed by atoms with Crippen LogP contribution in [0.1, 0.15) is 18.4 Å². The van der Waals surface area contributed by atoms with E-state index in [4.69, 9.17) is 9.39 Å². The maximum atomic E-state index is 10.4. The van der Waals surface area contributed by atoms with E-state index in [2.05, 4.69) is 5.48 Å². The van der Waals surface area contributed by atoms with Gasteiger partial charge in [-0.1, -0.05) is 30.3 Å². The first-order valence-electron chi connectivity index (χ1n) is 5.42. The topological polar surface area (TPSA) is 75.6 Å². The molecule has 0 radical (unpaired) electrons. The summed E-state index contributed by atoms with van der Waals surface area (Å²) >= 11 is 0. The maximum Gasteiger partial charge on any atom is 0.264 e. The van der Waals surface area contributed by atoms with Crippen LogP contribution in [0, 0.1) is 0 Å². The van der Waals surface area contributed by atoms with E-state index >= 15 is 0 Å². The predicted octanol–water partition coefficient (Wildman–Crippen LogP) is 1.38. The molecule has 0 aromatic heterocycles. The summed E-state index contributed by atoms with van der Waals surface area (Å²) in [5.41, 5.74) is 3.81. The molecule has 0 spiro atoms. The molecular weight excluding hydrogens is 242 g/mol. The number of hydrogen-bond acceptors (Lipinski definition) is 4. The minimum absolute atomic E-state index is 0.201. The number of rotatable bonds is 8. The summed E-state index contributed by atoms with van der Waals surface area (Å²) in [6.45, 7) is 1.03. The fourth-order valence-electron chi connectivity index (χ4n) is 1.26. The van der Waals surface area contributed by atoms with Crippen molar-refractivity contribution >= 4 is 10.1 Å². The second-order valence-corrected chi connectivity index (χ2v) is 5.23. The molecule has 17 heavy (non-hydrogen) atoms. The van der Waals surface area contributed by atoms with Crippen LogP contribution in [0.25, 0.3) is 0 Å². The molecule has 0 aliphatic carbocycles. The first kappa shape index (κ1) is 14.1. The Kier molecular flexibility index (Phi) is 6.13. The van der Waals surface area contributed by atoms with Gasteiger partial charge in [0.1, 0.15) is 0 Å². The zero-order valence-corrected chi connectivity index (χ0v) is 10.3. The Morgan fingerprint density at radius 2 is 1.88 bits per heavy atom. The second-order valence-electron chi connectivity index (χ2n) is 3.66. The van der Waals surface area contributed by atoms with E-state index in [-0.39, 0.29) is 5.75 Å². The predicted molar refractivity (Wildman–Crippen MR) is 64.9 cm³/mol. The van der Waals surface area contributed by atoms with Crippen molar-refractivity contribution in [2.45, 2.75) is 19.4 Å². The second kappa shape index (κ2) is 7.39. The van der Waals surface area contributed by atoms with Gasteiger partial charge in [-0.3, -0.25) is 9.39 Å². The lowest BCUT2D eigenvalue weighted by Crippen LogP contribution is -2.16. The number of nitrogens with one attached hydrogen (secondary N) is 1. The minimum Gasteiger partial charge on any atom is -0.297 e. The monoisotopic (exact) mass is 259 g/mol. The molecule has 5 nitrogen and oxygen atoms in total. The summed E-state index contributed by atoms with van der Waals surface area (Å²) < 4.78 is 29.3. The van der Waals surface area contributed by atoms with Crippen molar-refractivity contribution in [3.63, 3.8) is 0 Å². The van der Waals surface area contributed by atoms with Crippen LogP contribution in [0.2, 0.25) is 0 Å². The normalized spacial score (nSPS) is 11.6. The first-order chi connectivity index (χ1) is 8.08. The van der Waals surface area contributed by atoms with Crippen LogP contribution in [0.15, 0.2) is 30.3 Å². The van der Waals surface area contributed by atoms with E-state index in [1.165, 1.54) is 0 Å². The van der Waals surface area contributed by atoms with E-state index in [1.54, 1.807) is 0 Å². The highest BCUT2D eigenvalue weighted by Crippen LogP contribution is 1.99. The van der Waals surface area contributed by atoms with Crippen LogP contribution in [-0.4, -0.2) is 25.3 Å². The van der Waals surface area contributed by atoms with Crippen LogP contribution in [-0.2, 0) is 21.6 Å². The van der Waals surface area contributed by atoms with E-state index < -0.39 is 10.1 Å². The average Bonchev–Trinajstić information content (AvgIpc) is 2.28. The number of unbranched alkanes of at least 4 members (excludes halogenated alkanes) is 1. The van der Waals surface area contributed by atoms with Crippen molar-refractivity contribution in [3.05, 3.63) is 35.9 Å². The van der Waals surface area contributed by atoms with Crippen LogP contribution in [0.3, 0.4) is 0 Å². The Morgan fingerprint density at radius 1 is 1.18 bits per heavy atom. The lowest BCUT2D eigenvalue weighted by Gasteiger charge is -2.05. The smallest absolute Gasteiger partial charge is 0.264 e. The molecule has 1 rings (SSSR count). The molecule has 2 N–H and O–H groups in total. The van der Waals surface area contributed by atoms with Crippen molar-refractivity contribution in [2.24, 2.45) is 0 Å². The van der Waals surface area contributed by atoms with Crippen molar-refractivity contribution in [1.29, 1.82) is 0 Å². The molecule has 96 valence electrons. The summed E-state index contributed by atoms with van der Waals surface area (Å²) in [5.74, 6) is -0.201. The van der Waals surface area contributed by atoms with Gasteiger partial charge >= 0.3 is 0 Å². The van der Waals surface area contributed by atoms with Crippen molar-refractivity contribution in [3.8, 4) is 0 Å². The van der Waals surface area contributed by atoms with Crippen LogP contribution in [0.4, 0.5) is 0 Å². The molecule has 0 bridgehead atoms. The number of hydrogen-bond donors (Lipinski definition) is 2. The van der Waals surface area contributed by atoms with Gasteiger partial charge in [0, 0.05) is 6.54 Å². The molecule has 0 atom stereocenters. The summed E-state index contributed by atoms with van der Waals surface area (Å²) in [4.78, 5) is 5.19. The highest BCUT2D eigenvalue weighted by Gasteiger charge is 2.02. The molecule has 1 aromatic rings. The molecule has 0 amide bonds. The average molecular weight is 259 g/mol. The number of benzene rings is 1. The third-order valence-corrected chi connectivity index (χ3v) is 2.92. The van der Waals surface area contributed by atoms with E-state index in [9.17, 15) is 8.42 Å². The van der Waals surface area contributed by atoms with Gasteiger partial charge in [0.05, 0.1) is 12.4 Å². The Hall–Kier alpha value is -0.950. The third kappa shape index (κ3) is 7.87. The van der Waals surface area contributed by atoms with Gasteiger partial charge in [0.15, 0.2) is 0 Å². The molecule has 1 aromatic carbocycles. The maximum absolute atomic E-state index is 10.4. The van der Waals surface area contributed by atoms with E-state index in [1.807, 2.05) is 30.3 Å². The summed E-state index contributed by atoms with van der Waals surface area (Å²) in [6.07, 6.45) is 1.05. The fourth-order valence-corrected chi connectivity index (χ4v) is 1.83. The zero-order valence-electron chi connectivity index (χ0n) is 9.50. The van der Waals surface area contributed by atoms with Gasteiger partial charge in [-0.2, -0.15) is 8.42 Å². The van der Waals surface area contributed by atoms with Gasteiger partial charge in [0.25, 0.3) is 10.1 Å². The van der Waals surface area contributed by atoms with Crippen LogP contribution >= 0.6 is 0 Å². The zero-order chi connectivity index (χ0) is 12.6. The largest absolute Gasteiger partial charge is 0.297 e. The van der Waals surface area contributed by atoms with Gasteiger partial charge in [-0.05, 0) is 18.4 Å². The highest BCUT2D eigenvalue weighted by molar-refractivity contribution is 7.85. The molecule has 0 aliphatic rings. The van der Waals surface area contributed by atoms with Gasteiger partial charge in [-0.15, -0.1) is 0 Å². The summed E-state index contributed by atoms with van der Waals surface area (Å²) in [6, 6.07) is 9.72. The highest BCUT2D eigenvalue weighted by atomic mass is 32.2. The van der Waals surface area contributed by atoms with Gasteiger partial charge in [0.2, 0.25) is 0 Å². The van der Waals surface area contributed by atoms with Crippen molar-refractivity contribution in [2.75, 3.05) is 12.3 Å². The molecule has 0 unspecified atom stereocenters. The molecule has 0 aliphatic heterocycles. The van der Waals surface area contributed by atoms with Crippen LogP contribution < -0.4 is 5.48 Å². The number of hydroxylamine groups is 1. The van der Waals surface area contributed by atoms with E-state index in [0.29, 0.717) is 26.0 Å². The fraction of sp³-hybridized carbons (Fsp3) is 0.455. The van der Waals surface area contributed by atoms with Crippen molar-refractivity contribution < 1.29 is 17.8 Å². The Balaban J connectivity index is 1.99. The lowest BCUT2D eigenvalue weighted by molar-refractivity contribution is 0.0275. The van der Waals surface area contributed by atoms with Gasteiger partial charge < -0.3 is 0 Å². The van der Waals surface area contributed by atoms with Crippen LogP contribution in [0.5, 0.6) is 0 Å². The van der Waals surface area contributed by atoms with Crippen molar-refractivity contribution in [1.82, 2.24) is 5.48 Å². The molecule has 0 saturated heterocycles. The molecule has 0 heterocycles. The summed E-state index contributed by atoms with van der Waals surface area (Å²) in [5, 5.41) is 0. The first-order valence-corrected chi connectivity index (χ1v) is 7.02. The Morgan fingerprint density at radius 3 is 2.53 bits per heavy atom. The molecule has 0 saturated carbocycles. The lowest BCUT2D eigenvalue weighted by atomic mass is 10.2. The van der Waals surface area contributed by atoms with E-state index in [0.717, 1.165) is 5.56 Å². The Bertz CT molecular complexity index is 405.